The Balaban J connectivity index is 1.65. The number of aryl methyl sites for hydroxylation is 2. The van der Waals surface area contributed by atoms with Gasteiger partial charge in [-0.2, -0.15) is 0 Å². The van der Waals surface area contributed by atoms with E-state index in [-0.39, 0.29) is 0 Å². The lowest BCUT2D eigenvalue weighted by Crippen LogP contribution is -2.33. The van der Waals surface area contributed by atoms with Crippen molar-refractivity contribution in [3.8, 4) is 0 Å². The molecule has 3 heterocycles. The Morgan fingerprint density at radius 1 is 1.26 bits per heavy atom. The summed E-state index contributed by atoms with van der Waals surface area (Å²) < 4.78 is 5.33. The number of fused-ring (bicyclic) bond motifs is 1. The molecule has 0 bridgehead atoms. The summed E-state index contributed by atoms with van der Waals surface area (Å²) in [5.74, 6) is 2.01. The molecule has 1 atom stereocenters. The average molecular weight is 310 g/mol. The van der Waals surface area contributed by atoms with Crippen LogP contribution in [0.25, 0.3) is 11.0 Å². The number of nitrogens with zero attached hydrogens (tertiary/aromatic N) is 3. The van der Waals surface area contributed by atoms with Crippen LogP contribution in [0.15, 0.2) is 28.8 Å². The molecular formula is C18H22N4O. The molecule has 1 fully saturated rings. The minimum atomic E-state index is 0.338. The molecule has 1 N–H and O–H groups in total. The second-order valence-electron chi connectivity index (χ2n) is 6.42. The summed E-state index contributed by atoms with van der Waals surface area (Å²) in [6, 6.07) is 8.58. The van der Waals surface area contributed by atoms with Gasteiger partial charge < -0.3 is 9.51 Å². The monoisotopic (exact) mass is 310 g/mol. The highest BCUT2D eigenvalue weighted by molar-refractivity contribution is 5.74. The fraction of sp³-hybridized carbons (Fsp3) is 0.444. The molecule has 1 aliphatic heterocycles. The van der Waals surface area contributed by atoms with Crippen LogP contribution in [0, 0.1) is 13.8 Å². The lowest BCUT2D eigenvalue weighted by molar-refractivity contribution is 0.134. The van der Waals surface area contributed by atoms with Gasteiger partial charge >= 0.3 is 0 Å². The fourth-order valence-corrected chi connectivity index (χ4v) is 3.55. The zero-order chi connectivity index (χ0) is 15.8. The van der Waals surface area contributed by atoms with Crippen LogP contribution >= 0.6 is 0 Å². The van der Waals surface area contributed by atoms with Gasteiger partial charge in [-0.3, -0.25) is 4.90 Å². The first-order valence-corrected chi connectivity index (χ1v) is 8.33. The number of aromatic amines is 1. The molecule has 120 valence electrons. The van der Waals surface area contributed by atoms with Crippen LogP contribution in [-0.2, 0) is 6.54 Å². The van der Waals surface area contributed by atoms with Crippen molar-refractivity contribution in [2.24, 2.45) is 0 Å². The van der Waals surface area contributed by atoms with Crippen molar-refractivity contribution in [2.45, 2.75) is 45.7 Å². The predicted molar refractivity (Wildman–Crippen MR) is 89.1 cm³/mol. The van der Waals surface area contributed by atoms with E-state index in [2.05, 4.69) is 27.2 Å². The smallest absolute Gasteiger partial charge is 0.138 e. The first-order chi connectivity index (χ1) is 11.2. The lowest BCUT2D eigenvalue weighted by Gasteiger charge is -2.34. The van der Waals surface area contributed by atoms with Crippen molar-refractivity contribution in [3.63, 3.8) is 0 Å². The van der Waals surface area contributed by atoms with Crippen molar-refractivity contribution in [3.05, 3.63) is 47.1 Å². The van der Waals surface area contributed by atoms with Crippen LogP contribution in [0.4, 0.5) is 0 Å². The standard InChI is InChI=1S/C18H22N4O/c1-12-14(13(2)23-21-12)11-22-10-6-5-9-17(22)18-19-15-7-3-4-8-16(15)20-18/h3-4,7-8,17H,5-6,9-11H2,1-2H3,(H,19,20). The number of H-pyrrole nitrogens is 1. The first-order valence-electron chi connectivity index (χ1n) is 8.33. The van der Waals surface area contributed by atoms with Gasteiger partial charge in [-0.15, -0.1) is 0 Å². The Morgan fingerprint density at radius 3 is 2.91 bits per heavy atom. The van der Waals surface area contributed by atoms with Crippen molar-refractivity contribution in [2.75, 3.05) is 6.54 Å². The van der Waals surface area contributed by atoms with Crippen LogP contribution in [-0.4, -0.2) is 26.6 Å². The first kappa shape index (κ1) is 14.5. The third-order valence-electron chi connectivity index (χ3n) is 4.88. The molecule has 5 nitrogen and oxygen atoms in total. The van der Waals surface area contributed by atoms with Gasteiger partial charge in [-0.25, -0.2) is 4.98 Å². The second kappa shape index (κ2) is 5.81. The third-order valence-corrected chi connectivity index (χ3v) is 4.88. The highest BCUT2D eigenvalue weighted by Gasteiger charge is 2.28. The quantitative estimate of drug-likeness (QED) is 0.797. The maximum atomic E-state index is 5.33. The Bertz CT molecular complexity index is 767. The number of para-hydroxylation sites is 2. The van der Waals surface area contributed by atoms with E-state index >= 15 is 0 Å². The highest BCUT2D eigenvalue weighted by atomic mass is 16.5. The Labute approximate surface area is 135 Å². The van der Waals surface area contributed by atoms with E-state index in [1.807, 2.05) is 26.0 Å². The van der Waals surface area contributed by atoms with E-state index in [0.29, 0.717) is 6.04 Å². The van der Waals surface area contributed by atoms with Gasteiger partial charge in [0.2, 0.25) is 0 Å². The Hall–Kier alpha value is -2.14. The number of aromatic nitrogens is 3. The second-order valence-corrected chi connectivity index (χ2v) is 6.42. The molecule has 0 aliphatic carbocycles. The third kappa shape index (κ3) is 2.65. The van der Waals surface area contributed by atoms with Crippen LogP contribution in [0.1, 0.15) is 48.1 Å². The number of hydrogen-bond donors (Lipinski definition) is 1. The van der Waals surface area contributed by atoms with E-state index in [0.717, 1.165) is 47.8 Å². The molecule has 0 amide bonds. The average Bonchev–Trinajstić information content (AvgIpc) is 3.13. The molecule has 3 aromatic rings. The molecule has 0 saturated carbocycles. The van der Waals surface area contributed by atoms with Gasteiger partial charge in [0, 0.05) is 12.1 Å². The number of hydrogen-bond acceptors (Lipinski definition) is 4. The lowest BCUT2D eigenvalue weighted by atomic mass is 10.0. The number of likely N-dealkylation sites (tertiary alicyclic amines) is 1. The van der Waals surface area contributed by atoms with Gasteiger partial charge in [0.1, 0.15) is 11.6 Å². The highest BCUT2D eigenvalue weighted by Crippen LogP contribution is 2.32. The normalized spacial score (nSPS) is 19.5. The molecule has 2 aromatic heterocycles. The maximum absolute atomic E-state index is 5.33. The summed E-state index contributed by atoms with van der Waals surface area (Å²) in [6.07, 6.45) is 3.63. The topological polar surface area (TPSA) is 58.0 Å². The molecule has 1 saturated heterocycles. The molecule has 0 spiro atoms. The molecule has 23 heavy (non-hydrogen) atoms. The molecule has 1 aromatic carbocycles. The number of benzene rings is 1. The van der Waals surface area contributed by atoms with Crippen molar-refractivity contribution < 1.29 is 4.52 Å². The molecular weight excluding hydrogens is 288 g/mol. The summed E-state index contributed by atoms with van der Waals surface area (Å²) in [5, 5.41) is 4.09. The van der Waals surface area contributed by atoms with Crippen molar-refractivity contribution >= 4 is 11.0 Å². The van der Waals surface area contributed by atoms with Crippen LogP contribution in [0.5, 0.6) is 0 Å². The van der Waals surface area contributed by atoms with E-state index in [9.17, 15) is 0 Å². The van der Waals surface area contributed by atoms with Gasteiger partial charge in [0.15, 0.2) is 0 Å². The van der Waals surface area contributed by atoms with E-state index in [4.69, 9.17) is 9.51 Å². The maximum Gasteiger partial charge on any atom is 0.138 e. The van der Waals surface area contributed by atoms with Gasteiger partial charge in [-0.1, -0.05) is 23.7 Å². The number of rotatable bonds is 3. The number of piperidine rings is 1. The summed E-state index contributed by atoms with van der Waals surface area (Å²) >= 11 is 0. The fourth-order valence-electron chi connectivity index (χ4n) is 3.55. The van der Waals surface area contributed by atoms with Crippen molar-refractivity contribution in [1.82, 2.24) is 20.0 Å². The van der Waals surface area contributed by atoms with E-state index in [1.165, 1.54) is 18.4 Å². The summed E-state index contributed by atoms with van der Waals surface area (Å²) in [5.41, 5.74) is 4.38. The van der Waals surface area contributed by atoms with Crippen LogP contribution in [0.3, 0.4) is 0 Å². The minimum absolute atomic E-state index is 0.338. The Morgan fingerprint density at radius 2 is 2.13 bits per heavy atom. The van der Waals surface area contributed by atoms with Gasteiger partial charge in [0.05, 0.1) is 22.8 Å². The molecule has 4 rings (SSSR count). The summed E-state index contributed by atoms with van der Waals surface area (Å²) in [7, 11) is 0. The molecule has 1 unspecified atom stereocenters. The van der Waals surface area contributed by atoms with E-state index in [1.54, 1.807) is 0 Å². The van der Waals surface area contributed by atoms with Crippen LogP contribution < -0.4 is 0 Å². The van der Waals surface area contributed by atoms with Crippen molar-refractivity contribution in [1.29, 1.82) is 0 Å². The van der Waals surface area contributed by atoms with Gasteiger partial charge in [0.25, 0.3) is 0 Å². The largest absolute Gasteiger partial charge is 0.361 e. The van der Waals surface area contributed by atoms with Gasteiger partial charge in [-0.05, 0) is 45.4 Å². The minimum Gasteiger partial charge on any atom is -0.361 e. The zero-order valence-corrected chi connectivity index (χ0v) is 13.7. The zero-order valence-electron chi connectivity index (χ0n) is 13.7. The number of imidazole rings is 1. The SMILES string of the molecule is Cc1noc(C)c1CN1CCCCC1c1nc2ccccc2[nH]1. The molecule has 1 aliphatic rings. The van der Waals surface area contributed by atoms with E-state index < -0.39 is 0 Å². The summed E-state index contributed by atoms with van der Waals surface area (Å²) in [4.78, 5) is 10.8. The molecule has 5 heteroatoms. The Kier molecular flexibility index (Phi) is 3.65. The predicted octanol–water partition coefficient (Wildman–Crippen LogP) is 3.89. The van der Waals surface area contributed by atoms with Crippen LogP contribution in [0.2, 0.25) is 0 Å². The summed E-state index contributed by atoms with van der Waals surface area (Å²) in [6.45, 7) is 5.98. The number of nitrogens with one attached hydrogen (secondary N) is 1. The molecule has 0 radical (unpaired) electrons.